The highest BCUT2D eigenvalue weighted by Gasteiger charge is 2.21. The van der Waals surface area contributed by atoms with E-state index < -0.39 is 0 Å². The van der Waals surface area contributed by atoms with E-state index in [0.717, 1.165) is 69.4 Å². The van der Waals surface area contributed by atoms with Gasteiger partial charge >= 0.3 is 0 Å². The number of fused-ring (bicyclic) bond motifs is 2. The second-order valence-electron chi connectivity index (χ2n) is 8.28. The maximum atomic E-state index is 5.55. The number of anilines is 1. The maximum Gasteiger partial charge on any atom is 0.159 e. The van der Waals surface area contributed by atoms with Gasteiger partial charge in [-0.25, -0.2) is 14.6 Å². The van der Waals surface area contributed by atoms with E-state index in [4.69, 9.17) is 24.5 Å². The molecule has 6 heterocycles. The van der Waals surface area contributed by atoms with E-state index in [1.807, 2.05) is 53.9 Å². The normalized spacial score (nSPS) is 14.3. The van der Waals surface area contributed by atoms with Gasteiger partial charge in [-0.1, -0.05) is 0 Å². The summed E-state index contributed by atoms with van der Waals surface area (Å²) in [6.07, 6.45) is 7.13. The molecule has 10 nitrogen and oxygen atoms in total. The summed E-state index contributed by atoms with van der Waals surface area (Å²) in [5, 5.41) is 5.67. The first-order valence-corrected chi connectivity index (χ1v) is 11.1. The van der Waals surface area contributed by atoms with Gasteiger partial charge in [0.1, 0.15) is 11.3 Å². The molecular weight excluding hydrogens is 432 g/mol. The summed E-state index contributed by atoms with van der Waals surface area (Å²) in [4.78, 5) is 21.0. The SMILES string of the molecule is COc1ccncc1-c1cc2c(cnn2-c2cc3c(ncn3C)c(N3CCOCC3)n2)c(C)n1. The average molecular weight is 457 g/mol. The quantitative estimate of drug-likeness (QED) is 0.407. The first-order chi connectivity index (χ1) is 16.6. The van der Waals surface area contributed by atoms with Crippen molar-refractivity contribution >= 4 is 27.8 Å². The minimum Gasteiger partial charge on any atom is -0.496 e. The molecule has 0 saturated carbocycles. The van der Waals surface area contributed by atoms with Crippen molar-refractivity contribution in [3.63, 3.8) is 0 Å². The molecule has 5 aromatic rings. The first kappa shape index (κ1) is 20.5. The van der Waals surface area contributed by atoms with Crippen molar-refractivity contribution in [2.75, 3.05) is 38.3 Å². The van der Waals surface area contributed by atoms with E-state index in [2.05, 4.69) is 14.9 Å². The molecule has 172 valence electrons. The lowest BCUT2D eigenvalue weighted by molar-refractivity contribution is 0.122. The van der Waals surface area contributed by atoms with E-state index in [0.29, 0.717) is 13.2 Å². The van der Waals surface area contributed by atoms with Crippen LogP contribution in [0.2, 0.25) is 0 Å². The number of ether oxygens (including phenoxy) is 2. The van der Waals surface area contributed by atoms with Crippen LogP contribution in [0.3, 0.4) is 0 Å². The smallest absolute Gasteiger partial charge is 0.159 e. The zero-order valence-corrected chi connectivity index (χ0v) is 19.3. The largest absolute Gasteiger partial charge is 0.496 e. The van der Waals surface area contributed by atoms with Crippen molar-refractivity contribution in [3.05, 3.63) is 48.8 Å². The number of hydrogen-bond acceptors (Lipinski definition) is 8. The van der Waals surface area contributed by atoms with Gasteiger partial charge in [0, 0.05) is 49.7 Å². The zero-order chi connectivity index (χ0) is 23.2. The van der Waals surface area contributed by atoms with Crippen molar-refractivity contribution in [3.8, 4) is 22.8 Å². The van der Waals surface area contributed by atoms with Gasteiger partial charge in [0.25, 0.3) is 0 Å². The van der Waals surface area contributed by atoms with E-state index in [9.17, 15) is 0 Å². The molecule has 10 heteroatoms. The average Bonchev–Trinajstić information content (AvgIpc) is 3.48. The third-order valence-corrected chi connectivity index (χ3v) is 6.24. The van der Waals surface area contributed by atoms with Crippen molar-refractivity contribution in [2.24, 2.45) is 7.05 Å². The standard InChI is InChI=1S/C24H24N8O2/c1-15-16-13-27-32(19(16)10-18(28-15)17-12-25-5-4-21(17)33-3)22-11-20-23(26-14-30(20)2)24(29-22)31-6-8-34-9-7-31/h4-5,10-14H,6-9H2,1-3H3. The van der Waals surface area contributed by atoms with Crippen LogP contribution in [-0.4, -0.2) is 67.7 Å². The van der Waals surface area contributed by atoms with Crippen LogP contribution in [0.1, 0.15) is 5.69 Å². The van der Waals surface area contributed by atoms with Crippen LogP contribution in [-0.2, 0) is 11.8 Å². The molecule has 0 atom stereocenters. The molecule has 0 spiro atoms. The number of morpholine rings is 1. The first-order valence-electron chi connectivity index (χ1n) is 11.1. The summed E-state index contributed by atoms with van der Waals surface area (Å²) < 4.78 is 15.0. The molecule has 6 rings (SSSR count). The topological polar surface area (TPSA) is 96.0 Å². The van der Waals surface area contributed by atoms with Crippen LogP contribution in [0, 0.1) is 6.92 Å². The van der Waals surface area contributed by atoms with Crippen LogP contribution in [0.15, 0.2) is 43.1 Å². The second-order valence-corrected chi connectivity index (χ2v) is 8.28. The van der Waals surface area contributed by atoms with Crippen LogP contribution < -0.4 is 9.64 Å². The Hall–Kier alpha value is -4.05. The Morgan fingerprint density at radius 1 is 1.06 bits per heavy atom. The number of imidazole rings is 1. The predicted octanol–water partition coefficient (Wildman–Crippen LogP) is 2.92. The van der Waals surface area contributed by atoms with Gasteiger partial charge in [-0.3, -0.25) is 9.97 Å². The number of aromatic nitrogens is 7. The third-order valence-electron chi connectivity index (χ3n) is 6.24. The number of rotatable bonds is 4. The van der Waals surface area contributed by atoms with Crippen molar-refractivity contribution in [1.82, 2.24) is 34.3 Å². The lowest BCUT2D eigenvalue weighted by Gasteiger charge is -2.28. The molecule has 1 fully saturated rings. The zero-order valence-electron chi connectivity index (χ0n) is 19.3. The molecule has 0 bridgehead atoms. The molecule has 34 heavy (non-hydrogen) atoms. The molecule has 0 unspecified atom stereocenters. The number of pyridine rings is 3. The molecule has 1 saturated heterocycles. The monoisotopic (exact) mass is 456 g/mol. The maximum absolute atomic E-state index is 5.55. The molecule has 1 aliphatic heterocycles. The van der Waals surface area contributed by atoms with Gasteiger partial charge in [0.2, 0.25) is 0 Å². The third kappa shape index (κ3) is 3.26. The lowest BCUT2D eigenvalue weighted by Crippen LogP contribution is -2.37. The molecule has 0 aromatic carbocycles. The molecular formula is C24H24N8O2. The van der Waals surface area contributed by atoms with Gasteiger partial charge in [-0.2, -0.15) is 5.10 Å². The Morgan fingerprint density at radius 3 is 2.74 bits per heavy atom. The van der Waals surface area contributed by atoms with E-state index in [-0.39, 0.29) is 0 Å². The predicted molar refractivity (Wildman–Crippen MR) is 128 cm³/mol. The molecule has 0 amide bonds. The summed E-state index contributed by atoms with van der Waals surface area (Å²) in [5.41, 5.74) is 5.26. The highest BCUT2D eigenvalue weighted by Crippen LogP contribution is 2.32. The van der Waals surface area contributed by atoms with Crippen molar-refractivity contribution in [1.29, 1.82) is 0 Å². The van der Waals surface area contributed by atoms with Gasteiger partial charge < -0.3 is 18.9 Å². The fourth-order valence-corrected chi connectivity index (χ4v) is 4.45. The summed E-state index contributed by atoms with van der Waals surface area (Å²) in [6, 6.07) is 5.87. The molecule has 1 aliphatic rings. The lowest BCUT2D eigenvalue weighted by atomic mass is 10.1. The number of methoxy groups -OCH3 is 1. The summed E-state index contributed by atoms with van der Waals surface area (Å²) in [6.45, 7) is 4.88. The number of aryl methyl sites for hydroxylation is 2. The van der Waals surface area contributed by atoms with E-state index in [1.165, 1.54) is 0 Å². The fraction of sp³-hybridized carbons (Fsp3) is 0.292. The minimum atomic E-state index is 0.673. The molecule has 0 N–H and O–H groups in total. The Kier molecular flexibility index (Phi) is 4.88. The van der Waals surface area contributed by atoms with Gasteiger partial charge in [-0.05, 0) is 19.1 Å². The molecule has 5 aromatic heterocycles. The van der Waals surface area contributed by atoms with Crippen molar-refractivity contribution < 1.29 is 9.47 Å². The van der Waals surface area contributed by atoms with E-state index >= 15 is 0 Å². The molecule has 0 radical (unpaired) electrons. The Morgan fingerprint density at radius 2 is 1.91 bits per heavy atom. The minimum absolute atomic E-state index is 0.673. The van der Waals surface area contributed by atoms with Gasteiger partial charge in [-0.15, -0.1) is 0 Å². The number of hydrogen-bond donors (Lipinski definition) is 0. The fourth-order valence-electron chi connectivity index (χ4n) is 4.45. The second kappa shape index (κ2) is 8.07. The van der Waals surface area contributed by atoms with Crippen LogP contribution >= 0.6 is 0 Å². The Labute approximate surface area is 195 Å². The van der Waals surface area contributed by atoms with E-state index in [1.54, 1.807) is 19.5 Å². The van der Waals surface area contributed by atoms with Crippen molar-refractivity contribution in [2.45, 2.75) is 6.92 Å². The number of nitrogens with zero attached hydrogens (tertiary/aromatic N) is 8. The highest BCUT2D eigenvalue weighted by molar-refractivity contribution is 5.90. The van der Waals surface area contributed by atoms with Gasteiger partial charge in [0.05, 0.1) is 55.1 Å². The van der Waals surface area contributed by atoms with Gasteiger partial charge in [0.15, 0.2) is 11.6 Å². The Bertz CT molecular complexity index is 1520. The van der Waals surface area contributed by atoms with Crippen LogP contribution in [0.25, 0.3) is 39.0 Å². The summed E-state index contributed by atoms with van der Waals surface area (Å²) in [7, 11) is 3.64. The molecule has 0 aliphatic carbocycles. The van der Waals surface area contributed by atoms with Crippen LogP contribution in [0.4, 0.5) is 5.82 Å². The van der Waals surface area contributed by atoms with Crippen LogP contribution in [0.5, 0.6) is 5.75 Å². The summed E-state index contributed by atoms with van der Waals surface area (Å²) >= 11 is 0. The highest BCUT2D eigenvalue weighted by atomic mass is 16.5. The summed E-state index contributed by atoms with van der Waals surface area (Å²) in [5.74, 6) is 2.29. The Balaban J connectivity index is 1.56.